The molecule has 0 radical (unpaired) electrons. The van der Waals surface area contributed by atoms with Crippen LogP contribution < -0.4 is 15.4 Å². The van der Waals surface area contributed by atoms with Crippen LogP contribution in [-0.4, -0.2) is 51.1 Å². The maximum Gasteiger partial charge on any atom is 0.191 e. The average molecular weight is 527 g/mol. The second-order valence-electron chi connectivity index (χ2n) is 6.66. The monoisotopic (exact) mass is 527 g/mol. The fourth-order valence-corrected chi connectivity index (χ4v) is 2.83. The molecular formula is C23H34IN3O3. The number of methoxy groups -OCH3 is 1. The molecule has 7 heteroatoms. The van der Waals surface area contributed by atoms with Gasteiger partial charge >= 0.3 is 0 Å². The van der Waals surface area contributed by atoms with E-state index in [1.165, 1.54) is 0 Å². The average Bonchev–Trinajstić information content (AvgIpc) is 2.78. The van der Waals surface area contributed by atoms with Gasteiger partial charge in [0.1, 0.15) is 5.75 Å². The number of nitrogens with zero attached hydrogens (tertiary/aromatic N) is 1. The van der Waals surface area contributed by atoms with Crippen molar-refractivity contribution in [3.8, 4) is 5.75 Å². The Morgan fingerprint density at radius 3 is 2.43 bits per heavy atom. The largest absolute Gasteiger partial charge is 0.497 e. The third-order valence-electron chi connectivity index (χ3n) is 4.55. The van der Waals surface area contributed by atoms with Crippen molar-refractivity contribution in [2.45, 2.75) is 25.8 Å². The van der Waals surface area contributed by atoms with Gasteiger partial charge in [0.2, 0.25) is 0 Å². The zero-order chi connectivity index (χ0) is 20.7. The van der Waals surface area contributed by atoms with Gasteiger partial charge in [0, 0.05) is 32.2 Å². The van der Waals surface area contributed by atoms with Crippen LogP contribution in [0.5, 0.6) is 5.75 Å². The van der Waals surface area contributed by atoms with Crippen LogP contribution in [0.2, 0.25) is 0 Å². The molecule has 6 nitrogen and oxygen atoms in total. The Morgan fingerprint density at radius 2 is 1.80 bits per heavy atom. The summed E-state index contributed by atoms with van der Waals surface area (Å²) < 4.78 is 10.6. The first-order valence-corrected chi connectivity index (χ1v) is 10.2. The summed E-state index contributed by atoms with van der Waals surface area (Å²) >= 11 is 0. The molecule has 0 amide bonds. The zero-order valence-electron chi connectivity index (χ0n) is 17.8. The van der Waals surface area contributed by atoms with Crippen molar-refractivity contribution in [3.63, 3.8) is 0 Å². The molecule has 2 aromatic carbocycles. The van der Waals surface area contributed by atoms with Crippen LogP contribution in [0.25, 0.3) is 0 Å². The topological polar surface area (TPSA) is 75.1 Å². The summed E-state index contributed by atoms with van der Waals surface area (Å²) in [6.45, 7) is 5.44. The minimum absolute atomic E-state index is 0. The molecule has 0 bridgehead atoms. The molecule has 0 saturated heterocycles. The molecule has 30 heavy (non-hydrogen) atoms. The highest BCUT2D eigenvalue weighted by atomic mass is 127. The Hall–Kier alpha value is -1.84. The van der Waals surface area contributed by atoms with Crippen molar-refractivity contribution < 1.29 is 14.6 Å². The Labute approximate surface area is 197 Å². The number of hydrogen-bond acceptors (Lipinski definition) is 4. The number of aliphatic hydroxyl groups is 1. The van der Waals surface area contributed by atoms with Gasteiger partial charge in [-0.2, -0.15) is 0 Å². The van der Waals surface area contributed by atoms with Crippen molar-refractivity contribution in [1.29, 1.82) is 0 Å². The Bertz CT molecular complexity index is 711. The second kappa shape index (κ2) is 15.9. The number of guanidine groups is 1. The third kappa shape index (κ3) is 9.77. The summed E-state index contributed by atoms with van der Waals surface area (Å²) in [7, 11) is 1.66. The first-order valence-electron chi connectivity index (χ1n) is 10.2. The van der Waals surface area contributed by atoms with Gasteiger partial charge in [-0.25, -0.2) is 4.99 Å². The lowest BCUT2D eigenvalue weighted by Crippen LogP contribution is -2.40. The molecule has 0 heterocycles. The van der Waals surface area contributed by atoms with E-state index in [4.69, 9.17) is 14.5 Å². The highest BCUT2D eigenvalue weighted by molar-refractivity contribution is 14.0. The lowest BCUT2D eigenvalue weighted by Gasteiger charge is -2.18. The molecular weight excluding hydrogens is 493 g/mol. The molecule has 0 aliphatic rings. The number of aliphatic hydroxyl groups excluding tert-OH is 1. The van der Waals surface area contributed by atoms with Crippen LogP contribution in [0.4, 0.5) is 0 Å². The highest BCUT2D eigenvalue weighted by Crippen LogP contribution is 2.14. The third-order valence-corrected chi connectivity index (χ3v) is 4.55. The molecule has 3 N–H and O–H groups in total. The van der Waals surface area contributed by atoms with E-state index in [9.17, 15) is 5.11 Å². The Morgan fingerprint density at radius 1 is 1.07 bits per heavy atom. The first kappa shape index (κ1) is 26.2. The number of rotatable bonds is 12. The van der Waals surface area contributed by atoms with Crippen molar-refractivity contribution >= 4 is 29.9 Å². The molecule has 0 aliphatic heterocycles. The van der Waals surface area contributed by atoms with Crippen LogP contribution in [0.3, 0.4) is 0 Å². The summed E-state index contributed by atoms with van der Waals surface area (Å²) in [4.78, 5) is 4.70. The highest BCUT2D eigenvalue weighted by Gasteiger charge is 2.11. The van der Waals surface area contributed by atoms with Gasteiger partial charge in [0.25, 0.3) is 0 Å². The normalized spacial score (nSPS) is 12.0. The summed E-state index contributed by atoms with van der Waals surface area (Å²) in [5, 5.41) is 16.5. The molecule has 2 aromatic rings. The molecule has 0 aliphatic carbocycles. The number of ether oxygens (including phenoxy) is 2. The fraction of sp³-hybridized carbons (Fsp3) is 0.435. The van der Waals surface area contributed by atoms with E-state index < -0.39 is 0 Å². The predicted octanol–water partition coefficient (Wildman–Crippen LogP) is 3.55. The second-order valence-corrected chi connectivity index (χ2v) is 6.66. The standard InChI is InChI=1S/C23H33N3O3.HI/c1-3-29-15-7-14-24-23(25-16-19-10-12-22(28-2)13-11-19)26-17-21(18-27)20-8-5-4-6-9-20;/h4-6,8-13,21,27H,3,7,14-18H2,1-2H3,(H2,24,25,26);1H. The Balaban J connectivity index is 0.00000450. The van der Waals surface area contributed by atoms with E-state index in [0.717, 1.165) is 49.0 Å². The first-order chi connectivity index (χ1) is 14.3. The fourth-order valence-electron chi connectivity index (χ4n) is 2.83. The van der Waals surface area contributed by atoms with Crippen LogP contribution in [-0.2, 0) is 11.3 Å². The number of halogens is 1. The number of nitrogens with one attached hydrogen (secondary N) is 2. The predicted molar refractivity (Wildman–Crippen MR) is 133 cm³/mol. The number of aliphatic imine (C=N–C) groups is 1. The minimum atomic E-state index is 0. The zero-order valence-corrected chi connectivity index (χ0v) is 20.2. The smallest absolute Gasteiger partial charge is 0.191 e. The quantitative estimate of drug-likeness (QED) is 0.171. The van der Waals surface area contributed by atoms with E-state index in [2.05, 4.69) is 10.6 Å². The van der Waals surface area contributed by atoms with Crippen molar-refractivity contribution in [2.24, 2.45) is 4.99 Å². The van der Waals surface area contributed by atoms with Gasteiger partial charge < -0.3 is 25.2 Å². The summed E-state index contributed by atoms with van der Waals surface area (Å²) in [5.41, 5.74) is 2.20. The van der Waals surface area contributed by atoms with Crippen molar-refractivity contribution in [3.05, 3.63) is 65.7 Å². The van der Waals surface area contributed by atoms with Crippen LogP contribution in [0.15, 0.2) is 59.6 Å². The molecule has 0 saturated carbocycles. The molecule has 0 spiro atoms. The summed E-state index contributed by atoms with van der Waals surface area (Å²) in [6.07, 6.45) is 0.902. The molecule has 1 unspecified atom stereocenters. The SMILES string of the molecule is CCOCCCNC(=NCc1ccc(OC)cc1)NCC(CO)c1ccccc1.I. The lowest BCUT2D eigenvalue weighted by molar-refractivity contribution is 0.145. The summed E-state index contributed by atoms with van der Waals surface area (Å²) in [6, 6.07) is 17.9. The summed E-state index contributed by atoms with van der Waals surface area (Å²) in [5.74, 6) is 1.57. The van der Waals surface area contributed by atoms with E-state index in [0.29, 0.717) is 13.1 Å². The maximum atomic E-state index is 9.79. The van der Waals surface area contributed by atoms with Gasteiger partial charge in [-0.05, 0) is 36.6 Å². The van der Waals surface area contributed by atoms with E-state index in [-0.39, 0.29) is 36.5 Å². The molecule has 1 atom stereocenters. The van der Waals surface area contributed by atoms with E-state index >= 15 is 0 Å². The lowest BCUT2D eigenvalue weighted by atomic mass is 10.0. The van der Waals surface area contributed by atoms with Gasteiger partial charge in [-0.3, -0.25) is 0 Å². The van der Waals surface area contributed by atoms with E-state index in [1.54, 1.807) is 7.11 Å². The van der Waals surface area contributed by atoms with Crippen LogP contribution in [0.1, 0.15) is 30.4 Å². The van der Waals surface area contributed by atoms with Crippen LogP contribution in [0, 0.1) is 0 Å². The number of hydrogen-bond donors (Lipinski definition) is 3. The molecule has 0 aromatic heterocycles. The van der Waals surface area contributed by atoms with Crippen molar-refractivity contribution in [1.82, 2.24) is 10.6 Å². The van der Waals surface area contributed by atoms with Gasteiger partial charge in [-0.1, -0.05) is 42.5 Å². The van der Waals surface area contributed by atoms with E-state index in [1.807, 2.05) is 61.5 Å². The Kier molecular flexibility index (Phi) is 13.9. The van der Waals surface area contributed by atoms with Crippen molar-refractivity contribution in [2.75, 3.05) is 40.0 Å². The van der Waals surface area contributed by atoms with Gasteiger partial charge in [-0.15, -0.1) is 24.0 Å². The number of benzene rings is 2. The van der Waals surface area contributed by atoms with Gasteiger partial charge in [0.05, 0.1) is 20.3 Å². The van der Waals surface area contributed by atoms with Gasteiger partial charge in [0.15, 0.2) is 5.96 Å². The molecule has 166 valence electrons. The molecule has 0 fully saturated rings. The maximum absolute atomic E-state index is 9.79. The van der Waals surface area contributed by atoms with Crippen LogP contribution >= 0.6 is 24.0 Å². The molecule has 2 rings (SSSR count). The minimum Gasteiger partial charge on any atom is -0.497 e.